The molecule has 8 heteroatoms. The van der Waals surface area contributed by atoms with Crippen molar-refractivity contribution in [3.05, 3.63) is 41.3 Å². The molecule has 1 saturated carbocycles. The molecule has 1 aromatic heterocycles. The Bertz CT molecular complexity index is 820. The zero-order valence-corrected chi connectivity index (χ0v) is 14.4. The number of thiophene rings is 1. The molecule has 3 rings (SSSR count). The number of ether oxygens (including phenoxy) is 1. The molecule has 0 bridgehead atoms. The van der Waals surface area contributed by atoms with E-state index >= 15 is 0 Å². The first-order valence-electron chi connectivity index (χ1n) is 7.55. The summed E-state index contributed by atoms with van der Waals surface area (Å²) in [6.07, 6.45) is 4.72. The summed E-state index contributed by atoms with van der Waals surface area (Å²) >= 11 is 0.873. The van der Waals surface area contributed by atoms with E-state index in [1.807, 2.05) is 0 Å². The molecule has 1 heterocycles. The monoisotopic (exact) mass is 367 g/mol. The summed E-state index contributed by atoms with van der Waals surface area (Å²) in [5, 5.41) is 10.2. The average Bonchev–Trinajstić information content (AvgIpc) is 3.20. The van der Waals surface area contributed by atoms with Gasteiger partial charge in [-0.05, 0) is 56.0 Å². The van der Waals surface area contributed by atoms with Crippen LogP contribution in [-0.4, -0.2) is 25.6 Å². The molecule has 1 aliphatic rings. The molecule has 0 radical (unpaired) electrons. The van der Waals surface area contributed by atoms with E-state index in [9.17, 15) is 13.2 Å². The van der Waals surface area contributed by atoms with E-state index in [0.717, 1.165) is 30.2 Å². The van der Waals surface area contributed by atoms with Crippen molar-refractivity contribution in [3.8, 4) is 5.75 Å². The van der Waals surface area contributed by atoms with E-state index in [0.29, 0.717) is 11.4 Å². The lowest BCUT2D eigenvalue weighted by atomic mass is 10.3. The van der Waals surface area contributed by atoms with Gasteiger partial charge < -0.3 is 9.84 Å². The first-order chi connectivity index (χ1) is 11.4. The number of hydrogen-bond donors (Lipinski definition) is 2. The van der Waals surface area contributed by atoms with Crippen LogP contribution < -0.4 is 9.46 Å². The predicted molar refractivity (Wildman–Crippen MR) is 91.4 cm³/mol. The summed E-state index contributed by atoms with van der Waals surface area (Å²) in [6.45, 7) is 0. The van der Waals surface area contributed by atoms with Gasteiger partial charge in [0.15, 0.2) is 0 Å². The lowest BCUT2D eigenvalue weighted by Gasteiger charge is -2.13. The smallest absolute Gasteiger partial charge is 0.336 e. The number of hydrogen-bond acceptors (Lipinski definition) is 5. The molecule has 0 amide bonds. The van der Waals surface area contributed by atoms with Crippen molar-refractivity contribution in [2.75, 3.05) is 4.72 Å². The fraction of sp³-hybridized carbons (Fsp3) is 0.312. The number of sulfonamides is 1. The van der Waals surface area contributed by atoms with Crippen LogP contribution in [0.3, 0.4) is 0 Å². The van der Waals surface area contributed by atoms with Gasteiger partial charge in [0.05, 0.1) is 11.7 Å². The lowest BCUT2D eigenvalue weighted by Crippen LogP contribution is -2.12. The van der Waals surface area contributed by atoms with Gasteiger partial charge in [0, 0.05) is 11.1 Å². The second kappa shape index (κ2) is 6.82. The van der Waals surface area contributed by atoms with Gasteiger partial charge in [-0.15, -0.1) is 11.3 Å². The Kier molecular flexibility index (Phi) is 4.77. The van der Waals surface area contributed by atoms with Gasteiger partial charge in [-0.1, -0.05) is 0 Å². The van der Waals surface area contributed by atoms with Crippen LogP contribution in [-0.2, 0) is 10.0 Å². The van der Waals surface area contributed by atoms with E-state index in [1.54, 1.807) is 24.3 Å². The van der Waals surface area contributed by atoms with Gasteiger partial charge in [-0.2, -0.15) is 0 Å². The molecule has 1 fully saturated rings. The van der Waals surface area contributed by atoms with Crippen molar-refractivity contribution in [2.45, 2.75) is 36.0 Å². The van der Waals surface area contributed by atoms with E-state index < -0.39 is 16.0 Å². The summed E-state index contributed by atoms with van der Waals surface area (Å²) in [6, 6.07) is 7.87. The molecular formula is C16H17NO5S2. The summed E-state index contributed by atoms with van der Waals surface area (Å²) in [5.41, 5.74) is 0.361. The zero-order chi connectivity index (χ0) is 17.2. The van der Waals surface area contributed by atoms with Crippen molar-refractivity contribution in [3.63, 3.8) is 0 Å². The topological polar surface area (TPSA) is 92.7 Å². The van der Waals surface area contributed by atoms with Gasteiger partial charge in [-0.25, -0.2) is 13.2 Å². The summed E-state index contributed by atoms with van der Waals surface area (Å²) in [4.78, 5) is 10.9. The van der Waals surface area contributed by atoms with Gasteiger partial charge in [0.25, 0.3) is 10.0 Å². The van der Waals surface area contributed by atoms with Crippen LogP contribution in [0.25, 0.3) is 0 Å². The minimum Gasteiger partial charge on any atom is -0.490 e. The van der Waals surface area contributed by atoms with E-state index in [1.165, 1.54) is 18.2 Å². The quantitative estimate of drug-likeness (QED) is 0.814. The molecule has 1 aromatic carbocycles. The molecule has 0 saturated heterocycles. The van der Waals surface area contributed by atoms with Gasteiger partial charge in [0.1, 0.15) is 9.96 Å². The summed E-state index contributed by atoms with van der Waals surface area (Å²) in [5.74, 6) is -0.435. The molecule has 24 heavy (non-hydrogen) atoms. The highest BCUT2D eigenvalue weighted by Gasteiger charge is 2.19. The molecule has 0 aliphatic heterocycles. The Morgan fingerprint density at radius 3 is 2.46 bits per heavy atom. The summed E-state index contributed by atoms with van der Waals surface area (Å²) in [7, 11) is -3.80. The zero-order valence-electron chi connectivity index (χ0n) is 12.8. The fourth-order valence-corrected chi connectivity index (χ4v) is 4.79. The standard InChI is InChI=1S/C16H17NO5S2/c18-16(19)11-9-15(23-10-11)24(20,21)17-12-5-7-14(8-6-12)22-13-3-1-2-4-13/h5-10,13,17H,1-4H2,(H,18,19). The van der Waals surface area contributed by atoms with Gasteiger partial charge >= 0.3 is 5.97 Å². The average molecular weight is 367 g/mol. The Balaban J connectivity index is 1.68. The van der Waals surface area contributed by atoms with Crippen LogP contribution in [0.4, 0.5) is 5.69 Å². The first-order valence-corrected chi connectivity index (χ1v) is 9.92. The highest BCUT2D eigenvalue weighted by molar-refractivity contribution is 7.94. The minimum atomic E-state index is -3.80. The molecule has 0 spiro atoms. The number of rotatable bonds is 6. The van der Waals surface area contributed by atoms with Gasteiger partial charge in [0.2, 0.25) is 0 Å². The minimum absolute atomic E-state index is 0.0359. The molecular weight excluding hydrogens is 350 g/mol. The number of benzene rings is 1. The van der Waals surface area contributed by atoms with Crippen LogP contribution in [0.1, 0.15) is 36.0 Å². The largest absolute Gasteiger partial charge is 0.490 e. The summed E-state index contributed by atoms with van der Waals surface area (Å²) < 4.78 is 32.8. The van der Waals surface area contributed by atoms with E-state index in [2.05, 4.69) is 4.72 Å². The maximum atomic E-state index is 12.3. The molecule has 0 atom stereocenters. The first kappa shape index (κ1) is 16.8. The number of carboxylic acids is 1. The second-order valence-corrected chi connectivity index (χ2v) is 8.43. The molecule has 2 aromatic rings. The SMILES string of the molecule is O=C(O)c1csc(S(=O)(=O)Nc2ccc(OC3CCCC3)cc2)c1. The third-order valence-corrected chi connectivity index (χ3v) is 6.62. The molecule has 2 N–H and O–H groups in total. The third-order valence-electron chi connectivity index (χ3n) is 3.80. The number of aromatic carboxylic acids is 1. The predicted octanol–water partition coefficient (Wildman–Crippen LogP) is 3.57. The van der Waals surface area contributed by atoms with Gasteiger partial charge in [-0.3, -0.25) is 4.72 Å². The van der Waals surface area contributed by atoms with Crippen molar-refractivity contribution in [1.82, 2.24) is 0 Å². The van der Waals surface area contributed by atoms with Crippen LogP contribution >= 0.6 is 11.3 Å². The van der Waals surface area contributed by atoms with Crippen molar-refractivity contribution >= 4 is 33.0 Å². The van der Waals surface area contributed by atoms with Crippen molar-refractivity contribution in [1.29, 1.82) is 0 Å². The molecule has 0 unspecified atom stereocenters. The van der Waals surface area contributed by atoms with Crippen LogP contribution in [0, 0.1) is 0 Å². The number of nitrogens with one attached hydrogen (secondary N) is 1. The Morgan fingerprint density at radius 1 is 1.21 bits per heavy atom. The number of anilines is 1. The third kappa shape index (κ3) is 3.88. The Labute approximate surface area is 144 Å². The molecule has 6 nitrogen and oxygen atoms in total. The van der Waals surface area contributed by atoms with E-state index in [-0.39, 0.29) is 15.9 Å². The fourth-order valence-electron chi connectivity index (χ4n) is 2.58. The van der Waals surface area contributed by atoms with Crippen LogP contribution in [0.2, 0.25) is 0 Å². The highest BCUT2D eigenvalue weighted by atomic mass is 32.2. The van der Waals surface area contributed by atoms with Crippen molar-refractivity contribution in [2.24, 2.45) is 0 Å². The normalized spacial score (nSPS) is 15.3. The number of carbonyl (C=O) groups is 1. The van der Waals surface area contributed by atoms with E-state index in [4.69, 9.17) is 9.84 Å². The lowest BCUT2D eigenvalue weighted by molar-refractivity contribution is 0.0697. The molecule has 1 aliphatic carbocycles. The second-order valence-electron chi connectivity index (χ2n) is 5.61. The van der Waals surface area contributed by atoms with Crippen LogP contribution in [0.5, 0.6) is 5.75 Å². The number of carboxylic acid groups (broad SMARTS) is 1. The highest BCUT2D eigenvalue weighted by Crippen LogP contribution is 2.27. The maximum Gasteiger partial charge on any atom is 0.336 e. The van der Waals surface area contributed by atoms with Crippen LogP contribution in [0.15, 0.2) is 39.9 Å². The Hall–Kier alpha value is -2.06. The maximum absolute atomic E-state index is 12.3. The van der Waals surface area contributed by atoms with Crippen molar-refractivity contribution < 1.29 is 23.1 Å². The molecule has 128 valence electrons. The Morgan fingerprint density at radius 2 is 1.88 bits per heavy atom.